The highest BCUT2D eigenvalue weighted by atomic mass is 32.2. The first kappa shape index (κ1) is 19.8. The van der Waals surface area contributed by atoms with E-state index in [1.807, 2.05) is 61.5 Å². The van der Waals surface area contributed by atoms with E-state index in [2.05, 4.69) is 4.40 Å². The highest BCUT2D eigenvalue weighted by molar-refractivity contribution is 7.90. The molecule has 0 aliphatic carbocycles. The van der Waals surface area contributed by atoms with Gasteiger partial charge in [-0.05, 0) is 30.7 Å². The van der Waals surface area contributed by atoms with Crippen LogP contribution in [0.4, 0.5) is 5.69 Å². The third-order valence-corrected chi connectivity index (χ3v) is 6.30. The van der Waals surface area contributed by atoms with E-state index in [9.17, 15) is 13.2 Å². The van der Waals surface area contributed by atoms with E-state index in [1.165, 1.54) is 18.3 Å². The fraction of sp³-hybridized carbons (Fsp3) is 0.0833. The molecule has 1 aliphatic rings. The molecule has 0 unspecified atom stereocenters. The number of carbonyl (C=O) groups is 1. The van der Waals surface area contributed by atoms with Crippen molar-refractivity contribution in [3.63, 3.8) is 0 Å². The minimum absolute atomic E-state index is 0.108. The second-order valence-electron chi connectivity index (χ2n) is 7.06. The van der Waals surface area contributed by atoms with Crippen LogP contribution in [0, 0.1) is 6.92 Å². The van der Waals surface area contributed by atoms with Gasteiger partial charge in [-0.2, -0.15) is 12.8 Å². The van der Waals surface area contributed by atoms with E-state index in [4.69, 9.17) is 0 Å². The molecular weight excluding hydrogens is 396 g/mol. The SMILES string of the molecule is Cc1ccc(S(=O)(=O)/N=C/C(=C2\C(=O)N(C)c3ccccc32)c2ccccc2)cc1. The maximum Gasteiger partial charge on any atom is 0.282 e. The van der Waals surface area contributed by atoms with Crippen molar-refractivity contribution in [2.45, 2.75) is 11.8 Å². The highest BCUT2D eigenvalue weighted by Gasteiger charge is 2.32. The van der Waals surface area contributed by atoms with E-state index < -0.39 is 10.0 Å². The molecule has 3 aromatic rings. The normalized spacial score (nSPS) is 15.5. The lowest BCUT2D eigenvalue weighted by molar-refractivity contribution is -0.112. The van der Waals surface area contributed by atoms with Gasteiger partial charge >= 0.3 is 0 Å². The number of aryl methyl sites for hydroxylation is 1. The van der Waals surface area contributed by atoms with Gasteiger partial charge in [0.15, 0.2) is 0 Å². The molecule has 0 atom stereocenters. The number of carbonyl (C=O) groups excluding carboxylic acids is 1. The summed E-state index contributed by atoms with van der Waals surface area (Å²) in [5.41, 5.74) is 4.11. The van der Waals surface area contributed by atoms with Gasteiger partial charge in [0.1, 0.15) is 0 Å². The van der Waals surface area contributed by atoms with Gasteiger partial charge in [0.25, 0.3) is 15.9 Å². The second kappa shape index (κ2) is 7.72. The number of allylic oxidation sites excluding steroid dienone is 1. The minimum Gasteiger partial charge on any atom is -0.311 e. The summed E-state index contributed by atoms with van der Waals surface area (Å²) >= 11 is 0. The Morgan fingerprint density at radius 3 is 2.23 bits per heavy atom. The lowest BCUT2D eigenvalue weighted by atomic mass is 9.96. The van der Waals surface area contributed by atoms with Crippen molar-refractivity contribution >= 4 is 39.0 Å². The van der Waals surface area contributed by atoms with Gasteiger partial charge < -0.3 is 4.90 Å². The predicted octanol–water partition coefficient (Wildman–Crippen LogP) is 4.34. The number of hydrogen-bond donors (Lipinski definition) is 0. The van der Waals surface area contributed by atoms with Crippen LogP contribution < -0.4 is 4.90 Å². The summed E-state index contributed by atoms with van der Waals surface area (Å²) in [5, 5.41) is 0. The van der Waals surface area contributed by atoms with Crippen LogP contribution in [0.1, 0.15) is 16.7 Å². The monoisotopic (exact) mass is 416 g/mol. The quantitative estimate of drug-likeness (QED) is 0.469. The first-order valence-corrected chi connectivity index (χ1v) is 10.9. The molecule has 0 aromatic heterocycles. The zero-order chi connectivity index (χ0) is 21.3. The molecule has 1 aliphatic heterocycles. The molecule has 0 bridgehead atoms. The fourth-order valence-electron chi connectivity index (χ4n) is 3.42. The molecule has 0 fully saturated rings. The van der Waals surface area contributed by atoms with Crippen molar-refractivity contribution in [3.8, 4) is 0 Å². The summed E-state index contributed by atoms with van der Waals surface area (Å²) in [6, 6.07) is 23.2. The molecule has 0 N–H and O–H groups in total. The molecule has 3 aromatic carbocycles. The summed E-state index contributed by atoms with van der Waals surface area (Å²) in [5.74, 6) is -0.200. The summed E-state index contributed by atoms with van der Waals surface area (Å²) in [4.78, 5) is 14.7. The van der Waals surface area contributed by atoms with E-state index >= 15 is 0 Å². The van der Waals surface area contributed by atoms with E-state index in [0.29, 0.717) is 16.7 Å². The Labute approximate surface area is 176 Å². The Morgan fingerprint density at radius 2 is 1.53 bits per heavy atom. The zero-order valence-electron chi connectivity index (χ0n) is 16.6. The molecule has 4 rings (SSSR count). The summed E-state index contributed by atoms with van der Waals surface area (Å²) < 4.78 is 29.5. The molecule has 6 heteroatoms. The lowest BCUT2D eigenvalue weighted by Gasteiger charge is -2.09. The maximum atomic E-state index is 13.1. The number of rotatable bonds is 4. The Kier molecular flexibility index (Phi) is 5.10. The van der Waals surface area contributed by atoms with E-state index in [0.717, 1.165) is 16.8 Å². The molecule has 150 valence electrons. The van der Waals surface area contributed by atoms with E-state index in [1.54, 1.807) is 24.1 Å². The molecule has 0 saturated carbocycles. The summed E-state index contributed by atoms with van der Waals surface area (Å²) in [6.45, 7) is 1.89. The van der Waals surface area contributed by atoms with Gasteiger partial charge in [0, 0.05) is 24.4 Å². The van der Waals surface area contributed by atoms with Gasteiger partial charge in [-0.3, -0.25) is 4.79 Å². The Balaban J connectivity index is 1.89. The number of nitrogens with zero attached hydrogens (tertiary/aromatic N) is 2. The Morgan fingerprint density at radius 1 is 0.900 bits per heavy atom. The molecule has 1 amide bonds. The van der Waals surface area contributed by atoms with Gasteiger partial charge in [-0.25, -0.2) is 0 Å². The smallest absolute Gasteiger partial charge is 0.282 e. The predicted molar refractivity (Wildman–Crippen MR) is 120 cm³/mol. The Hall–Kier alpha value is -3.51. The molecular formula is C24H20N2O3S. The van der Waals surface area contributed by atoms with Crippen LogP contribution in [-0.4, -0.2) is 27.6 Å². The van der Waals surface area contributed by atoms with Crippen molar-refractivity contribution in [2.24, 2.45) is 4.40 Å². The number of para-hydroxylation sites is 1. The largest absolute Gasteiger partial charge is 0.311 e. The van der Waals surface area contributed by atoms with Gasteiger partial charge in [0.05, 0.1) is 16.2 Å². The summed E-state index contributed by atoms with van der Waals surface area (Å²) in [6.07, 6.45) is 1.29. The fourth-order valence-corrected chi connectivity index (χ4v) is 4.27. The number of benzene rings is 3. The standard InChI is InChI=1S/C24H20N2O3S/c1-17-12-14-19(15-13-17)30(28,29)25-16-21(18-8-4-3-5-9-18)23-20-10-6-7-11-22(20)26(2)24(23)27/h3-16H,1-2H3/b23-21+,25-16+. The topological polar surface area (TPSA) is 66.8 Å². The maximum absolute atomic E-state index is 13.1. The van der Waals surface area contributed by atoms with Crippen molar-refractivity contribution in [1.29, 1.82) is 0 Å². The van der Waals surface area contributed by atoms with Gasteiger partial charge in [-0.1, -0.05) is 66.2 Å². The number of amides is 1. The van der Waals surface area contributed by atoms with Crippen LogP contribution in [0.15, 0.2) is 88.2 Å². The molecule has 0 saturated heterocycles. The van der Waals surface area contributed by atoms with Crippen molar-refractivity contribution in [2.75, 3.05) is 11.9 Å². The minimum atomic E-state index is -3.91. The summed E-state index contributed by atoms with van der Waals surface area (Å²) in [7, 11) is -2.20. The molecule has 0 radical (unpaired) electrons. The van der Waals surface area contributed by atoms with Gasteiger partial charge in [-0.15, -0.1) is 0 Å². The number of likely N-dealkylation sites (N-methyl/N-ethyl adjacent to an activating group) is 1. The number of sulfonamides is 1. The van der Waals surface area contributed by atoms with Crippen molar-refractivity contribution in [1.82, 2.24) is 0 Å². The average Bonchev–Trinajstić information content (AvgIpc) is 3.00. The van der Waals surface area contributed by atoms with E-state index in [-0.39, 0.29) is 10.8 Å². The van der Waals surface area contributed by atoms with Crippen molar-refractivity contribution in [3.05, 3.63) is 95.6 Å². The van der Waals surface area contributed by atoms with Crippen LogP contribution in [0.25, 0.3) is 11.1 Å². The number of hydrogen-bond acceptors (Lipinski definition) is 3. The zero-order valence-corrected chi connectivity index (χ0v) is 17.4. The third-order valence-electron chi connectivity index (χ3n) is 5.05. The number of fused-ring (bicyclic) bond motifs is 1. The van der Waals surface area contributed by atoms with Crippen LogP contribution >= 0.6 is 0 Å². The number of anilines is 1. The molecule has 1 heterocycles. The van der Waals surface area contributed by atoms with Crippen LogP contribution in [-0.2, 0) is 14.8 Å². The first-order valence-electron chi connectivity index (χ1n) is 9.42. The van der Waals surface area contributed by atoms with Crippen LogP contribution in [0.3, 0.4) is 0 Å². The Bertz CT molecular complexity index is 1280. The highest BCUT2D eigenvalue weighted by Crippen LogP contribution is 2.39. The van der Waals surface area contributed by atoms with Crippen LogP contribution in [0.5, 0.6) is 0 Å². The average molecular weight is 417 g/mol. The third kappa shape index (κ3) is 3.57. The molecule has 0 spiro atoms. The van der Waals surface area contributed by atoms with Crippen LogP contribution in [0.2, 0.25) is 0 Å². The first-order chi connectivity index (χ1) is 14.4. The molecule has 30 heavy (non-hydrogen) atoms. The van der Waals surface area contributed by atoms with Gasteiger partial charge in [0.2, 0.25) is 0 Å². The lowest BCUT2D eigenvalue weighted by Crippen LogP contribution is -2.21. The molecule has 5 nitrogen and oxygen atoms in total. The van der Waals surface area contributed by atoms with Crippen molar-refractivity contribution < 1.29 is 13.2 Å². The second-order valence-corrected chi connectivity index (χ2v) is 8.69.